The first kappa shape index (κ1) is 14.1. The van der Waals surface area contributed by atoms with Gasteiger partial charge in [0.15, 0.2) is 11.0 Å². The molecular weight excluding hydrogens is 258 g/mol. The number of nitrogens with two attached hydrogens (primary N) is 1. The van der Waals surface area contributed by atoms with E-state index in [1.807, 2.05) is 19.9 Å². The SMILES string of the molecule is CCN(CC)C(=O)CCNc1ccc(N)c2nonc12. The average Bonchev–Trinajstić information content (AvgIpc) is 2.93. The molecular formula is C13H19N5O2. The van der Waals surface area contributed by atoms with Crippen LogP contribution in [0.25, 0.3) is 11.0 Å². The number of rotatable bonds is 6. The summed E-state index contributed by atoms with van der Waals surface area (Å²) >= 11 is 0. The molecule has 0 aliphatic rings. The largest absolute Gasteiger partial charge is 0.397 e. The zero-order chi connectivity index (χ0) is 14.5. The first-order valence-corrected chi connectivity index (χ1v) is 6.69. The lowest BCUT2D eigenvalue weighted by Gasteiger charge is -2.18. The highest BCUT2D eigenvalue weighted by atomic mass is 16.6. The molecule has 0 radical (unpaired) electrons. The summed E-state index contributed by atoms with van der Waals surface area (Å²) in [7, 11) is 0. The van der Waals surface area contributed by atoms with Crippen molar-refractivity contribution in [3.05, 3.63) is 12.1 Å². The van der Waals surface area contributed by atoms with Gasteiger partial charge in [-0.25, -0.2) is 4.63 Å². The molecule has 0 saturated heterocycles. The van der Waals surface area contributed by atoms with Gasteiger partial charge in [0.25, 0.3) is 0 Å². The molecule has 1 aromatic carbocycles. The summed E-state index contributed by atoms with van der Waals surface area (Å²) in [5.41, 5.74) is 8.17. The molecule has 0 aliphatic carbocycles. The third-order valence-electron chi connectivity index (χ3n) is 3.22. The average molecular weight is 277 g/mol. The van der Waals surface area contributed by atoms with E-state index >= 15 is 0 Å². The maximum atomic E-state index is 11.9. The van der Waals surface area contributed by atoms with Crippen LogP contribution in [0.5, 0.6) is 0 Å². The molecule has 1 amide bonds. The molecule has 2 rings (SSSR count). The first-order valence-electron chi connectivity index (χ1n) is 6.69. The number of benzene rings is 1. The predicted molar refractivity (Wildman–Crippen MR) is 77.3 cm³/mol. The number of nitrogen functional groups attached to an aromatic ring is 1. The number of aromatic nitrogens is 2. The highest BCUT2D eigenvalue weighted by molar-refractivity contribution is 5.95. The van der Waals surface area contributed by atoms with Crippen LogP contribution in [-0.4, -0.2) is 40.8 Å². The van der Waals surface area contributed by atoms with Crippen LogP contribution in [0.2, 0.25) is 0 Å². The van der Waals surface area contributed by atoms with Gasteiger partial charge in [-0.2, -0.15) is 0 Å². The lowest BCUT2D eigenvalue weighted by Crippen LogP contribution is -2.31. The Balaban J connectivity index is 1.98. The van der Waals surface area contributed by atoms with Crippen molar-refractivity contribution in [3.8, 4) is 0 Å². The van der Waals surface area contributed by atoms with Crippen LogP contribution in [0, 0.1) is 0 Å². The van der Waals surface area contributed by atoms with E-state index in [0.717, 1.165) is 18.8 Å². The number of fused-ring (bicyclic) bond motifs is 1. The zero-order valence-corrected chi connectivity index (χ0v) is 11.7. The second-order valence-corrected chi connectivity index (χ2v) is 4.41. The van der Waals surface area contributed by atoms with Gasteiger partial charge in [-0.1, -0.05) is 0 Å². The van der Waals surface area contributed by atoms with E-state index in [9.17, 15) is 4.79 Å². The minimum absolute atomic E-state index is 0.132. The molecule has 1 heterocycles. The molecule has 0 spiro atoms. The molecule has 0 fully saturated rings. The quantitative estimate of drug-likeness (QED) is 0.776. The summed E-state index contributed by atoms with van der Waals surface area (Å²) in [6.45, 7) is 5.93. The van der Waals surface area contributed by atoms with Crippen molar-refractivity contribution >= 4 is 28.3 Å². The van der Waals surface area contributed by atoms with E-state index in [-0.39, 0.29) is 5.91 Å². The topological polar surface area (TPSA) is 97.3 Å². The lowest BCUT2D eigenvalue weighted by molar-refractivity contribution is -0.130. The first-order chi connectivity index (χ1) is 9.67. The van der Waals surface area contributed by atoms with Crippen molar-refractivity contribution in [2.45, 2.75) is 20.3 Å². The molecule has 7 heteroatoms. The minimum atomic E-state index is 0.132. The molecule has 0 unspecified atom stereocenters. The molecule has 0 atom stereocenters. The maximum absolute atomic E-state index is 11.9. The number of anilines is 2. The Morgan fingerprint density at radius 1 is 1.30 bits per heavy atom. The van der Waals surface area contributed by atoms with Crippen LogP contribution in [0.3, 0.4) is 0 Å². The standard InChI is InChI=1S/C13H19N5O2/c1-3-18(4-2)11(19)7-8-15-10-6-5-9(14)12-13(10)17-20-16-12/h5-6,15H,3-4,7-8,14H2,1-2H3. The second kappa shape index (κ2) is 6.23. The highest BCUT2D eigenvalue weighted by Crippen LogP contribution is 2.24. The van der Waals surface area contributed by atoms with Gasteiger partial charge in [-0.3, -0.25) is 4.79 Å². The van der Waals surface area contributed by atoms with Crippen molar-refractivity contribution in [1.29, 1.82) is 0 Å². The number of hydrogen-bond donors (Lipinski definition) is 2. The Hall–Kier alpha value is -2.31. The van der Waals surface area contributed by atoms with Crippen molar-refractivity contribution < 1.29 is 9.42 Å². The monoisotopic (exact) mass is 277 g/mol. The summed E-state index contributed by atoms with van der Waals surface area (Å²) < 4.78 is 4.69. The Morgan fingerprint density at radius 3 is 2.70 bits per heavy atom. The van der Waals surface area contributed by atoms with Gasteiger partial charge in [0.2, 0.25) is 5.91 Å². The third-order valence-corrected chi connectivity index (χ3v) is 3.22. The van der Waals surface area contributed by atoms with E-state index in [1.54, 1.807) is 11.0 Å². The number of amides is 1. The number of carbonyl (C=O) groups excluding carboxylic acids is 1. The summed E-state index contributed by atoms with van der Waals surface area (Å²) in [5, 5.41) is 10.7. The van der Waals surface area contributed by atoms with Crippen LogP contribution in [0.1, 0.15) is 20.3 Å². The number of hydrogen-bond acceptors (Lipinski definition) is 6. The second-order valence-electron chi connectivity index (χ2n) is 4.41. The zero-order valence-electron chi connectivity index (χ0n) is 11.7. The highest BCUT2D eigenvalue weighted by Gasteiger charge is 2.11. The normalized spacial score (nSPS) is 10.7. The van der Waals surface area contributed by atoms with Gasteiger partial charge in [0, 0.05) is 26.1 Å². The van der Waals surface area contributed by atoms with Crippen LogP contribution < -0.4 is 11.1 Å². The Bertz CT molecular complexity index is 591. The number of nitrogens with zero attached hydrogens (tertiary/aromatic N) is 3. The molecule has 7 nitrogen and oxygen atoms in total. The fraction of sp³-hybridized carbons (Fsp3) is 0.462. The molecule has 1 aromatic heterocycles. The van der Waals surface area contributed by atoms with Crippen LogP contribution in [-0.2, 0) is 4.79 Å². The smallest absolute Gasteiger partial charge is 0.224 e. The summed E-state index contributed by atoms with van der Waals surface area (Å²) in [6.07, 6.45) is 0.429. The lowest BCUT2D eigenvalue weighted by atomic mass is 10.2. The molecule has 20 heavy (non-hydrogen) atoms. The van der Waals surface area contributed by atoms with E-state index in [1.165, 1.54) is 0 Å². The van der Waals surface area contributed by atoms with Gasteiger partial charge in [-0.15, -0.1) is 0 Å². The molecule has 0 aliphatic heterocycles. The van der Waals surface area contributed by atoms with Gasteiger partial charge >= 0.3 is 0 Å². The Morgan fingerprint density at radius 2 is 2.00 bits per heavy atom. The van der Waals surface area contributed by atoms with Crippen molar-refractivity contribution in [1.82, 2.24) is 15.2 Å². The molecule has 3 N–H and O–H groups in total. The number of carbonyl (C=O) groups is 1. The van der Waals surface area contributed by atoms with E-state index in [0.29, 0.717) is 29.7 Å². The van der Waals surface area contributed by atoms with Gasteiger partial charge in [0.1, 0.15) is 0 Å². The van der Waals surface area contributed by atoms with Gasteiger partial charge < -0.3 is 16.0 Å². The molecule has 0 bridgehead atoms. The summed E-state index contributed by atoms with van der Waals surface area (Å²) in [6, 6.07) is 3.55. The van der Waals surface area contributed by atoms with Gasteiger partial charge in [-0.05, 0) is 36.3 Å². The van der Waals surface area contributed by atoms with Crippen molar-refractivity contribution in [2.24, 2.45) is 0 Å². The molecule has 108 valence electrons. The summed E-state index contributed by atoms with van der Waals surface area (Å²) in [4.78, 5) is 13.7. The van der Waals surface area contributed by atoms with Crippen LogP contribution >= 0.6 is 0 Å². The van der Waals surface area contributed by atoms with E-state index in [4.69, 9.17) is 10.4 Å². The van der Waals surface area contributed by atoms with Crippen LogP contribution in [0.4, 0.5) is 11.4 Å². The summed E-state index contributed by atoms with van der Waals surface area (Å²) in [5.74, 6) is 0.132. The fourth-order valence-corrected chi connectivity index (χ4v) is 2.07. The number of nitrogens with one attached hydrogen (secondary N) is 1. The Kier molecular flexibility index (Phi) is 4.39. The van der Waals surface area contributed by atoms with Crippen molar-refractivity contribution in [2.75, 3.05) is 30.7 Å². The van der Waals surface area contributed by atoms with E-state index < -0.39 is 0 Å². The van der Waals surface area contributed by atoms with Gasteiger partial charge in [0.05, 0.1) is 11.4 Å². The predicted octanol–water partition coefficient (Wildman–Crippen LogP) is 1.48. The Labute approximate surface area is 117 Å². The minimum Gasteiger partial charge on any atom is -0.397 e. The molecule has 0 saturated carbocycles. The molecule has 2 aromatic rings. The fourth-order valence-electron chi connectivity index (χ4n) is 2.07. The maximum Gasteiger partial charge on any atom is 0.224 e. The van der Waals surface area contributed by atoms with E-state index in [2.05, 4.69) is 15.6 Å². The van der Waals surface area contributed by atoms with Crippen molar-refractivity contribution in [3.63, 3.8) is 0 Å². The van der Waals surface area contributed by atoms with Crippen LogP contribution in [0.15, 0.2) is 16.8 Å². The third kappa shape index (κ3) is 2.81.